The monoisotopic (exact) mass is 253 g/mol. The van der Waals surface area contributed by atoms with Gasteiger partial charge in [0, 0.05) is 25.2 Å². The van der Waals surface area contributed by atoms with Gasteiger partial charge in [-0.2, -0.15) is 0 Å². The largest absolute Gasteiger partial charge is 0.397 e. The first-order chi connectivity index (χ1) is 8.08. The lowest BCUT2D eigenvalue weighted by molar-refractivity contribution is -0.127. The summed E-state index contributed by atoms with van der Waals surface area (Å²) in [5.74, 6) is 0.122. The third kappa shape index (κ3) is 2.64. The van der Waals surface area contributed by atoms with E-state index in [0.29, 0.717) is 17.3 Å². The van der Waals surface area contributed by atoms with E-state index < -0.39 is 0 Å². The van der Waals surface area contributed by atoms with Crippen LogP contribution in [0.15, 0.2) is 18.2 Å². The summed E-state index contributed by atoms with van der Waals surface area (Å²) in [5.41, 5.74) is 7.44. The number of hydrogen-bond donors (Lipinski definition) is 1. The number of carbonyl (C=O) groups is 1. The van der Waals surface area contributed by atoms with E-state index in [1.807, 2.05) is 18.0 Å². The number of nitrogen functional groups attached to an aromatic ring is 1. The fraction of sp³-hybridized carbons (Fsp3) is 0.417. The molecule has 0 aromatic heterocycles. The third-order valence-electron chi connectivity index (χ3n) is 3.00. The van der Waals surface area contributed by atoms with Gasteiger partial charge in [-0.15, -0.1) is 0 Å². The van der Waals surface area contributed by atoms with Gasteiger partial charge in [-0.25, -0.2) is 0 Å². The maximum atomic E-state index is 11.8. The SMILES string of the molecule is CN1CCCN(c2ccc(Cl)cc2N)CC1=O. The maximum Gasteiger partial charge on any atom is 0.241 e. The van der Waals surface area contributed by atoms with Gasteiger partial charge in [0.1, 0.15) is 0 Å². The molecule has 1 aliphatic rings. The lowest BCUT2D eigenvalue weighted by Crippen LogP contribution is -2.34. The van der Waals surface area contributed by atoms with Crippen molar-refractivity contribution in [1.82, 2.24) is 4.90 Å². The van der Waals surface area contributed by atoms with E-state index in [9.17, 15) is 4.79 Å². The number of rotatable bonds is 1. The van der Waals surface area contributed by atoms with Crippen LogP contribution in [0, 0.1) is 0 Å². The van der Waals surface area contributed by atoms with Crippen LogP contribution in [0.5, 0.6) is 0 Å². The summed E-state index contributed by atoms with van der Waals surface area (Å²) < 4.78 is 0. The number of likely N-dealkylation sites (N-methyl/N-ethyl adjacent to an activating group) is 1. The summed E-state index contributed by atoms with van der Waals surface area (Å²) in [6, 6.07) is 5.39. The minimum atomic E-state index is 0.122. The van der Waals surface area contributed by atoms with E-state index in [0.717, 1.165) is 25.2 Å². The van der Waals surface area contributed by atoms with Crippen molar-refractivity contribution in [3.8, 4) is 0 Å². The summed E-state index contributed by atoms with van der Waals surface area (Å²) in [6.07, 6.45) is 0.949. The normalized spacial score (nSPS) is 17.2. The number of carbonyl (C=O) groups excluding carboxylic acids is 1. The Balaban J connectivity index is 2.24. The molecule has 4 nitrogen and oxygen atoms in total. The van der Waals surface area contributed by atoms with Crippen LogP contribution in [-0.2, 0) is 4.79 Å². The van der Waals surface area contributed by atoms with Gasteiger partial charge >= 0.3 is 0 Å². The van der Waals surface area contributed by atoms with Crippen molar-refractivity contribution in [3.05, 3.63) is 23.2 Å². The summed E-state index contributed by atoms with van der Waals surface area (Å²) in [5, 5.41) is 0.615. The standard InChI is InChI=1S/C12H16ClN3O/c1-15-5-2-6-16(8-12(15)17)11-4-3-9(13)7-10(11)14/h3-4,7H,2,5-6,8,14H2,1H3. The molecule has 1 fully saturated rings. The molecule has 0 bridgehead atoms. The maximum absolute atomic E-state index is 11.8. The van der Waals surface area contributed by atoms with Gasteiger partial charge in [-0.05, 0) is 24.6 Å². The first kappa shape index (κ1) is 12.0. The van der Waals surface area contributed by atoms with Crippen LogP contribution in [0.2, 0.25) is 5.02 Å². The number of anilines is 2. The van der Waals surface area contributed by atoms with E-state index in [1.54, 1.807) is 17.0 Å². The Morgan fingerprint density at radius 1 is 1.35 bits per heavy atom. The Hall–Kier alpha value is -1.42. The van der Waals surface area contributed by atoms with Crippen molar-refractivity contribution in [2.24, 2.45) is 0 Å². The van der Waals surface area contributed by atoms with Crippen molar-refractivity contribution < 1.29 is 4.79 Å². The van der Waals surface area contributed by atoms with E-state index in [-0.39, 0.29) is 5.91 Å². The molecule has 0 unspecified atom stereocenters. The fourth-order valence-corrected chi connectivity index (χ4v) is 2.19. The van der Waals surface area contributed by atoms with E-state index in [4.69, 9.17) is 17.3 Å². The number of nitrogens with two attached hydrogens (primary N) is 1. The zero-order valence-electron chi connectivity index (χ0n) is 9.82. The average Bonchev–Trinajstić information content (AvgIpc) is 2.42. The molecular formula is C12H16ClN3O. The quantitative estimate of drug-likeness (QED) is 0.774. The van der Waals surface area contributed by atoms with E-state index in [2.05, 4.69) is 0 Å². The molecule has 2 N–H and O–H groups in total. The number of amides is 1. The Bertz CT molecular complexity index is 436. The highest BCUT2D eigenvalue weighted by Gasteiger charge is 2.20. The van der Waals surface area contributed by atoms with Crippen molar-refractivity contribution in [1.29, 1.82) is 0 Å². The topological polar surface area (TPSA) is 49.6 Å². The second kappa shape index (κ2) is 4.84. The highest BCUT2D eigenvalue weighted by molar-refractivity contribution is 6.31. The molecule has 1 aromatic rings. The molecule has 0 atom stereocenters. The third-order valence-corrected chi connectivity index (χ3v) is 3.24. The summed E-state index contributed by atoms with van der Waals surface area (Å²) >= 11 is 5.87. The predicted octanol–water partition coefficient (Wildman–Crippen LogP) is 1.59. The van der Waals surface area contributed by atoms with Crippen LogP contribution in [0.25, 0.3) is 0 Å². The van der Waals surface area contributed by atoms with Gasteiger partial charge in [0.05, 0.1) is 17.9 Å². The first-order valence-corrected chi connectivity index (χ1v) is 5.99. The molecule has 0 radical (unpaired) electrons. The van der Waals surface area contributed by atoms with Gasteiger partial charge < -0.3 is 15.5 Å². The van der Waals surface area contributed by atoms with E-state index >= 15 is 0 Å². The highest BCUT2D eigenvalue weighted by atomic mass is 35.5. The Kier molecular flexibility index (Phi) is 3.43. The molecule has 1 heterocycles. The van der Waals surface area contributed by atoms with Crippen molar-refractivity contribution in [3.63, 3.8) is 0 Å². The lowest BCUT2D eigenvalue weighted by Gasteiger charge is -2.23. The second-order valence-corrected chi connectivity index (χ2v) is 4.73. The summed E-state index contributed by atoms with van der Waals surface area (Å²) in [6.45, 7) is 2.01. The molecule has 92 valence electrons. The average molecular weight is 254 g/mol. The van der Waals surface area contributed by atoms with Crippen LogP contribution < -0.4 is 10.6 Å². The van der Waals surface area contributed by atoms with Crippen LogP contribution in [0.3, 0.4) is 0 Å². The molecular weight excluding hydrogens is 238 g/mol. The molecule has 1 aliphatic heterocycles. The molecule has 1 aromatic carbocycles. The van der Waals surface area contributed by atoms with Crippen molar-refractivity contribution in [2.45, 2.75) is 6.42 Å². The number of halogens is 1. The van der Waals surface area contributed by atoms with Gasteiger partial charge in [-0.3, -0.25) is 4.79 Å². The zero-order valence-corrected chi connectivity index (χ0v) is 10.6. The van der Waals surface area contributed by atoms with Crippen LogP contribution in [0.4, 0.5) is 11.4 Å². The Morgan fingerprint density at radius 2 is 2.12 bits per heavy atom. The minimum absolute atomic E-state index is 0.122. The van der Waals surface area contributed by atoms with Crippen molar-refractivity contribution >= 4 is 28.9 Å². The van der Waals surface area contributed by atoms with Crippen molar-refractivity contribution in [2.75, 3.05) is 37.3 Å². The molecule has 1 amide bonds. The number of hydrogen-bond acceptors (Lipinski definition) is 3. The predicted molar refractivity (Wildman–Crippen MR) is 70.3 cm³/mol. The number of nitrogens with zero attached hydrogens (tertiary/aromatic N) is 2. The highest BCUT2D eigenvalue weighted by Crippen LogP contribution is 2.27. The lowest BCUT2D eigenvalue weighted by atomic mass is 10.2. The van der Waals surface area contributed by atoms with Crippen LogP contribution in [0.1, 0.15) is 6.42 Å². The molecule has 5 heteroatoms. The number of benzene rings is 1. The fourth-order valence-electron chi connectivity index (χ4n) is 2.01. The molecule has 0 saturated carbocycles. The summed E-state index contributed by atoms with van der Waals surface area (Å²) in [7, 11) is 1.83. The Labute approximate surface area is 106 Å². The van der Waals surface area contributed by atoms with Crippen LogP contribution in [-0.4, -0.2) is 37.5 Å². The van der Waals surface area contributed by atoms with Gasteiger partial charge in [0.2, 0.25) is 5.91 Å². The van der Waals surface area contributed by atoms with E-state index in [1.165, 1.54) is 0 Å². The summed E-state index contributed by atoms with van der Waals surface area (Å²) in [4.78, 5) is 15.6. The molecule has 0 aliphatic carbocycles. The Morgan fingerprint density at radius 3 is 2.82 bits per heavy atom. The second-order valence-electron chi connectivity index (χ2n) is 4.29. The first-order valence-electron chi connectivity index (χ1n) is 5.62. The molecule has 1 saturated heterocycles. The van der Waals surface area contributed by atoms with Gasteiger partial charge in [-0.1, -0.05) is 11.6 Å². The smallest absolute Gasteiger partial charge is 0.241 e. The molecule has 0 spiro atoms. The zero-order chi connectivity index (χ0) is 12.4. The van der Waals surface area contributed by atoms with Gasteiger partial charge in [0.25, 0.3) is 0 Å². The van der Waals surface area contributed by atoms with Gasteiger partial charge in [0.15, 0.2) is 0 Å². The van der Waals surface area contributed by atoms with Crippen LogP contribution >= 0.6 is 11.6 Å². The minimum Gasteiger partial charge on any atom is -0.397 e. The molecule has 17 heavy (non-hydrogen) atoms. The molecule has 2 rings (SSSR count).